The summed E-state index contributed by atoms with van der Waals surface area (Å²) in [4.78, 5) is 8.10. The fraction of sp³-hybridized carbons (Fsp3) is 0. The first-order valence-electron chi connectivity index (χ1n) is 3.54. The minimum atomic E-state index is 0.500. The maximum absolute atomic E-state index is 5.50. The number of anilines is 1. The first-order valence-corrected chi connectivity index (χ1v) is 4.33. The number of halogens is 1. The fourth-order valence-electron chi connectivity index (χ4n) is 0.870. The summed E-state index contributed by atoms with van der Waals surface area (Å²) < 4.78 is 2.35. The topological polar surface area (TPSA) is 69.6 Å². The van der Waals surface area contributed by atoms with Gasteiger partial charge in [-0.3, -0.25) is 0 Å². The van der Waals surface area contributed by atoms with Gasteiger partial charge in [0.1, 0.15) is 0 Å². The average molecular weight is 240 g/mol. The maximum Gasteiger partial charge on any atom is 0.250 e. The average Bonchev–Trinajstić information content (AvgIpc) is 2.53. The van der Waals surface area contributed by atoms with Gasteiger partial charge in [-0.2, -0.15) is 5.10 Å². The third kappa shape index (κ3) is 1.67. The number of aromatic nitrogens is 4. The highest BCUT2D eigenvalue weighted by atomic mass is 79.9. The molecule has 0 radical (unpaired) electrons. The Balaban J connectivity index is 2.41. The summed E-state index contributed by atoms with van der Waals surface area (Å²) >= 11 is 3.24. The first-order chi connectivity index (χ1) is 6.25. The molecular formula is C7H6BrN5. The second kappa shape index (κ2) is 3.14. The molecule has 0 aliphatic heterocycles. The van der Waals surface area contributed by atoms with E-state index in [1.807, 2.05) is 0 Å². The lowest BCUT2D eigenvalue weighted by Gasteiger charge is -1.96. The third-order valence-electron chi connectivity index (χ3n) is 1.41. The summed E-state index contributed by atoms with van der Waals surface area (Å²) in [6.07, 6.45) is 6.51. The number of hydrogen-bond donors (Lipinski definition) is 1. The van der Waals surface area contributed by atoms with Crippen molar-refractivity contribution in [3.05, 3.63) is 29.3 Å². The van der Waals surface area contributed by atoms with E-state index in [0.717, 1.165) is 4.47 Å². The van der Waals surface area contributed by atoms with Gasteiger partial charge < -0.3 is 5.73 Å². The van der Waals surface area contributed by atoms with E-state index in [9.17, 15) is 0 Å². The molecule has 6 heteroatoms. The molecule has 0 saturated carbocycles. The first kappa shape index (κ1) is 8.18. The maximum atomic E-state index is 5.50. The molecule has 2 heterocycles. The van der Waals surface area contributed by atoms with Gasteiger partial charge in [-0.25, -0.2) is 14.6 Å². The molecule has 0 aliphatic carbocycles. The molecule has 13 heavy (non-hydrogen) atoms. The van der Waals surface area contributed by atoms with Gasteiger partial charge in [0, 0.05) is 12.4 Å². The fourth-order valence-corrected chi connectivity index (χ4v) is 1.07. The Morgan fingerprint density at radius 1 is 1.23 bits per heavy atom. The van der Waals surface area contributed by atoms with E-state index in [1.54, 1.807) is 24.8 Å². The summed E-state index contributed by atoms with van der Waals surface area (Å²) in [6, 6.07) is 0. The van der Waals surface area contributed by atoms with Crippen molar-refractivity contribution in [1.29, 1.82) is 0 Å². The van der Waals surface area contributed by atoms with Crippen LogP contribution in [0.3, 0.4) is 0 Å². The van der Waals surface area contributed by atoms with Crippen molar-refractivity contribution in [2.24, 2.45) is 0 Å². The van der Waals surface area contributed by atoms with Crippen molar-refractivity contribution in [2.75, 3.05) is 5.73 Å². The van der Waals surface area contributed by atoms with Gasteiger partial charge in [-0.05, 0) is 15.9 Å². The summed E-state index contributed by atoms with van der Waals surface area (Å²) in [7, 11) is 0. The predicted molar refractivity (Wildman–Crippen MR) is 51.3 cm³/mol. The number of hydrogen-bond acceptors (Lipinski definition) is 4. The molecule has 0 aliphatic rings. The van der Waals surface area contributed by atoms with Crippen LogP contribution in [0.25, 0.3) is 5.95 Å². The predicted octanol–water partition coefficient (Wildman–Crippen LogP) is 1.01. The molecule has 2 rings (SSSR count). The number of nitrogens with zero attached hydrogens (tertiary/aromatic N) is 4. The summed E-state index contributed by atoms with van der Waals surface area (Å²) in [6.45, 7) is 0. The number of rotatable bonds is 1. The van der Waals surface area contributed by atoms with Crippen LogP contribution in [0.4, 0.5) is 5.69 Å². The van der Waals surface area contributed by atoms with Crippen LogP contribution in [-0.2, 0) is 0 Å². The molecule has 66 valence electrons. The van der Waals surface area contributed by atoms with Crippen LogP contribution >= 0.6 is 15.9 Å². The highest BCUT2D eigenvalue weighted by Crippen LogP contribution is 2.07. The van der Waals surface area contributed by atoms with E-state index in [-0.39, 0.29) is 0 Å². The minimum Gasteiger partial charge on any atom is -0.396 e. The smallest absolute Gasteiger partial charge is 0.250 e. The van der Waals surface area contributed by atoms with E-state index in [1.165, 1.54) is 4.68 Å². The molecule has 5 nitrogen and oxygen atoms in total. The molecule has 0 amide bonds. The number of nitrogens with two attached hydrogens (primary N) is 1. The van der Waals surface area contributed by atoms with Crippen LogP contribution < -0.4 is 5.73 Å². The Labute approximate surface area is 82.7 Å². The Morgan fingerprint density at radius 2 is 1.92 bits per heavy atom. The molecule has 0 unspecified atom stereocenters. The van der Waals surface area contributed by atoms with Crippen LogP contribution in [0.2, 0.25) is 0 Å². The zero-order valence-corrected chi connectivity index (χ0v) is 8.14. The second-order valence-electron chi connectivity index (χ2n) is 2.42. The molecule has 2 N–H and O–H groups in total. The second-order valence-corrected chi connectivity index (χ2v) is 3.34. The van der Waals surface area contributed by atoms with Crippen LogP contribution in [0.1, 0.15) is 0 Å². The third-order valence-corrected chi connectivity index (χ3v) is 1.82. The van der Waals surface area contributed by atoms with E-state index in [2.05, 4.69) is 31.0 Å². The van der Waals surface area contributed by atoms with Crippen molar-refractivity contribution in [1.82, 2.24) is 19.7 Å². The normalized spacial score (nSPS) is 10.2. The lowest BCUT2D eigenvalue weighted by atomic mass is 10.6. The molecule has 0 aromatic carbocycles. The van der Waals surface area contributed by atoms with Gasteiger partial charge in [-0.15, -0.1) is 0 Å². The minimum absolute atomic E-state index is 0.500. The molecule has 0 atom stereocenters. The zero-order chi connectivity index (χ0) is 9.26. The Hall–Kier alpha value is -1.43. The SMILES string of the molecule is Nc1cnn(-c2ncc(Br)cn2)c1. The number of nitrogen functional groups attached to an aromatic ring is 1. The van der Waals surface area contributed by atoms with Crippen molar-refractivity contribution in [2.45, 2.75) is 0 Å². The highest BCUT2D eigenvalue weighted by molar-refractivity contribution is 9.10. The van der Waals surface area contributed by atoms with E-state index in [0.29, 0.717) is 11.6 Å². The van der Waals surface area contributed by atoms with Gasteiger partial charge in [0.25, 0.3) is 5.95 Å². The Bertz CT molecular complexity index is 407. The molecule has 0 fully saturated rings. The Morgan fingerprint density at radius 3 is 2.46 bits per heavy atom. The lowest BCUT2D eigenvalue weighted by molar-refractivity contribution is 0.806. The van der Waals surface area contributed by atoms with E-state index < -0.39 is 0 Å². The molecule has 0 spiro atoms. The van der Waals surface area contributed by atoms with Crippen LogP contribution in [0.15, 0.2) is 29.3 Å². The monoisotopic (exact) mass is 239 g/mol. The van der Waals surface area contributed by atoms with Crippen molar-refractivity contribution in [3.63, 3.8) is 0 Å². The molecule has 2 aromatic rings. The van der Waals surface area contributed by atoms with Crippen molar-refractivity contribution in [3.8, 4) is 5.95 Å². The van der Waals surface area contributed by atoms with Crippen LogP contribution in [0.5, 0.6) is 0 Å². The standard InChI is InChI=1S/C7H6BrN5/c8-5-1-10-7(11-2-5)13-4-6(9)3-12-13/h1-4H,9H2. The molecule has 2 aromatic heterocycles. The summed E-state index contributed by atoms with van der Waals surface area (Å²) in [5, 5.41) is 3.97. The van der Waals surface area contributed by atoms with Gasteiger partial charge in [-0.1, -0.05) is 0 Å². The van der Waals surface area contributed by atoms with Gasteiger partial charge >= 0.3 is 0 Å². The van der Waals surface area contributed by atoms with Gasteiger partial charge in [0.15, 0.2) is 0 Å². The van der Waals surface area contributed by atoms with Crippen LogP contribution in [-0.4, -0.2) is 19.7 Å². The quantitative estimate of drug-likeness (QED) is 0.807. The largest absolute Gasteiger partial charge is 0.396 e. The summed E-state index contributed by atoms with van der Waals surface area (Å²) in [5.41, 5.74) is 6.09. The zero-order valence-electron chi connectivity index (χ0n) is 6.55. The molecule has 0 bridgehead atoms. The van der Waals surface area contributed by atoms with E-state index >= 15 is 0 Å². The van der Waals surface area contributed by atoms with Crippen molar-refractivity contribution < 1.29 is 0 Å². The Kier molecular flexibility index (Phi) is 1.97. The summed E-state index contributed by atoms with van der Waals surface area (Å²) in [5.74, 6) is 0.500. The highest BCUT2D eigenvalue weighted by Gasteiger charge is 2.00. The van der Waals surface area contributed by atoms with Crippen LogP contribution in [0, 0.1) is 0 Å². The van der Waals surface area contributed by atoms with Crippen molar-refractivity contribution >= 4 is 21.6 Å². The lowest BCUT2D eigenvalue weighted by Crippen LogP contribution is -2.00. The van der Waals surface area contributed by atoms with E-state index in [4.69, 9.17) is 5.73 Å². The van der Waals surface area contributed by atoms with Gasteiger partial charge in [0.05, 0.1) is 22.6 Å². The van der Waals surface area contributed by atoms with Gasteiger partial charge in [0.2, 0.25) is 0 Å². The molecule has 0 saturated heterocycles. The molecular weight excluding hydrogens is 234 g/mol.